The van der Waals surface area contributed by atoms with E-state index < -0.39 is 23.8 Å². The number of fused-ring (bicyclic) bond motifs is 1. The van der Waals surface area contributed by atoms with Crippen molar-refractivity contribution in [2.24, 2.45) is 13.0 Å². The van der Waals surface area contributed by atoms with E-state index in [9.17, 15) is 18.4 Å². The van der Waals surface area contributed by atoms with Gasteiger partial charge < -0.3 is 9.88 Å². The number of amides is 1. The van der Waals surface area contributed by atoms with E-state index in [2.05, 4.69) is 15.3 Å². The number of rotatable bonds is 3. The van der Waals surface area contributed by atoms with E-state index >= 15 is 0 Å². The third-order valence-electron chi connectivity index (χ3n) is 4.85. The zero-order valence-electron chi connectivity index (χ0n) is 14.7. The molecule has 0 aliphatic heterocycles. The van der Waals surface area contributed by atoms with Crippen molar-refractivity contribution in [3.63, 3.8) is 0 Å². The van der Waals surface area contributed by atoms with Crippen LogP contribution in [0.3, 0.4) is 0 Å². The smallest absolute Gasteiger partial charge is 0.258 e. The number of anilines is 1. The van der Waals surface area contributed by atoms with Crippen LogP contribution in [-0.2, 0) is 11.8 Å². The first kappa shape index (κ1) is 17.3. The van der Waals surface area contributed by atoms with Gasteiger partial charge in [-0.1, -0.05) is 0 Å². The molecule has 0 aromatic carbocycles. The number of hydrogen-bond acceptors (Lipinski definition) is 4. The normalized spacial score (nSPS) is 18.5. The second-order valence-corrected chi connectivity index (χ2v) is 6.69. The van der Waals surface area contributed by atoms with Crippen LogP contribution in [0.25, 0.3) is 22.0 Å². The zero-order chi connectivity index (χ0) is 19.3. The first-order valence-electron chi connectivity index (χ1n) is 8.42. The summed E-state index contributed by atoms with van der Waals surface area (Å²) in [6.07, 6.45) is 3.19. The van der Waals surface area contributed by atoms with E-state index in [1.165, 1.54) is 17.0 Å². The van der Waals surface area contributed by atoms with Gasteiger partial charge in [0.05, 0.1) is 17.6 Å². The number of halogens is 2. The molecule has 1 aliphatic rings. The van der Waals surface area contributed by atoms with Crippen LogP contribution in [0.4, 0.5) is 14.6 Å². The fourth-order valence-electron chi connectivity index (χ4n) is 3.05. The molecule has 1 saturated carbocycles. The van der Waals surface area contributed by atoms with Gasteiger partial charge in [-0.2, -0.15) is 0 Å². The third-order valence-corrected chi connectivity index (χ3v) is 4.85. The Bertz CT molecular complexity index is 1140. The van der Waals surface area contributed by atoms with Gasteiger partial charge in [0.2, 0.25) is 5.91 Å². The van der Waals surface area contributed by atoms with Crippen molar-refractivity contribution in [1.29, 1.82) is 0 Å². The molecule has 27 heavy (non-hydrogen) atoms. The first-order valence-corrected chi connectivity index (χ1v) is 8.42. The van der Waals surface area contributed by atoms with Crippen molar-refractivity contribution in [3.05, 3.63) is 52.5 Å². The van der Waals surface area contributed by atoms with Gasteiger partial charge in [0.15, 0.2) is 0 Å². The van der Waals surface area contributed by atoms with Gasteiger partial charge in [0.25, 0.3) is 5.56 Å². The molecule has 1 aliphatic carbocycles. The number of pyridine rings is 3. The predicted octanol–water partition coefficient (Wildman–Crippen LogP) is 2.74. The van der Waals surface area contributed by atoms with Crippen molar-refractivity contribution in [2.75, 3.05) is 5.32 Å². The van der Waals surface area contributed by atoms with Gasteiger partial charge in [-0.25, -0.2) is 13.8 Å². The predicted molar refractivity (Wildman–Crippen MR) is 96.5 cm³/mol. The molecule has 0 radical (unpaired) electrons. The van der Waals surface area contributed by atoms with Crippen LogP contribution in [0.2, 0.25) is 0 Å². The van der Waals surface area contributed by atoms with Crippen LogP contribution in [0.5, 0.6) is 0 Å². The maximum atomic E-state index is 13.8. The number of aryl methyl sites for hydroxylation is 1. The van der Waals surface area contributed by atoms with Gasteiger partial charge >= 0.3 is 0 Å². The maximum Gasteiger partial charge on any atom is 0.258 e. The molecule has 6 nitrogen and oxygen atoms in total. The first-order chi connectivity index (χ1) is 12.9. The monoisotopic (exact) mass is 370 g/mol. The van der Waals surface area contributed by atoms with Gasteiger partial charge in [-0.3, -0.25) is 14.6 Å². The average molecular weight is 370 g/mol. The Morgan fingerprint density at radius 2 is 2.00 bits per heavy atom. The van der Waals surface area contributed by atoms with Crippen molar-refractivity contribution < 1.29 is 13.6 Å². The Kier molecular flexibility index (Phi) is 3.98. The number of hydrogen-bond donors (Lipinski definition) is 1. The number of aromatic nitrogens is 3. The highest BCUT2D eigenvalue weighted by Gasteiger charge is 2.43. The van der Waals surface area contributed by atoms with Crippen LogP contribution >= 0.6 is 0 Å². The van der Waals surface area contributed by atoms with Crippen LogP contribution in [0.15, 0.2) is 35.5 Å². The van der Waals surface area contributed by atoms with Gasteiger partial charge in [-0.05, 0) is 25.0 Å². The molecule has 138 valence electrons. The van der Waals surface area contributed by atoms with E-state index in [4.69, 9.17) is 0 Å². The Hall–Kier alpha value is -3.16. The summed E-state index contributed by atoms with van der Waals surface area (Å²) >= 11 is 0. The second-order valence-electron chi connectivity index (χ2n) is 6.69. The fourth-order valence-corrected chi connectivity index (χ4v) is 3.05. The number of carbonyl (C=O) groups is 1. The van der Waals surface area contributed by atoms with Crippen LogP contribution in [0.1, 0.15) is 12.0 Å². The molecule has 0 saturated heterocycles. The lowest BCUT2D eigenvalue weighted by Gasteiger charge is -2.12. The summed E-state index contributed by atoms with van der Waals surface area (Å²) in [5.74, 6) is -1.29. The summed E-state index contributed by atoms with van der Waals surface area (Å²) in [6.45, 7) is 1.59. The molecule has 3 aromatic heterocycles. The minimum absolute atomic E-state index is 0.224. The second kappa shape index (κ2) is 6.22. The van der Waals surface area contributed by atoms with E-state index in [1.807, 2.05) is 0 Å². The molecule has 0 spiro atoms. The average Bonchev–Trinajstić information content (AvgIpc) is 3.38. The number of carbonyl (C=O) groups excluding carboxylic acids is 1. The van der Waals surface area contributed by atoms with Crippen LogP contribution < -0.4 is 10.9 Å². The molecule has 3 aromatic rings. The highest BCUT2D eigenvalue weighted by molar-refractivity contribution is 5.95. The Balaban J connectivity index is 1.78. The lowest BCUT2D eigenvalue weighted by atomic mass is 10.0. The molecule has 1 N–H and O–H groups in total. The highest BCUT2D eigenvalue weighted by Crippen LogP contribution is 2.34. The molecule has 1 fully saturated rings. The molecule has 1 amide bonds. The summed E-state index contributed by atoms with van der Waals surface area (Å²) in [5.41, 5.74) is 1.28. The Labute approximate surface area is 152 Å². The van der Waals surface area contributed by atoms with Gasteiger partial charge in [-0.15, -0.1) is 0 Å². The molecular formula is C19H16F2N4O2. The highest BCUT2D eigenvalue weighted by atomic mass is 19.1. The molecule has 3 heterocycles. The molecule has 4 rings (SSSR count). The van der Waals surface area contributed by atoms with Gasteiger partial charge in [0, 0.05) is 42.0 Å². The summed E-state index contributed by atoms with van der Waals surface area (Å²) in [4.78, 5) is 32.7. The molecule has 0 unspecified atom stereocenters. The van der Waals surface area contributed by atoms with E-state index in [1.54, 1.807) is 26.1 Å². The van der Waals surface area contributed by atoms with Crippen molar-refractivity contribution in [3.8, 4) is 11.1 Å². The van der Waals surface area contributed by atoms with Crippen molar-refractivity contribution in [2.45, 2.75) is 19.5 Å². The van der Waals surface area contributed by atoms with Gasteiger partial charge in [0.1, 0.15) is 17.8 Å². The summed E-state index contributed by atoms with van der Waals surface area (Å²) in [7, 11) is 1.58. The Morgan fingerprint density at radius 1 is 1.26 bits per heavy atom. The fraction of sp³-hybridized carbons (Fsp3) is 0.263. The quantitative estimate of drug-likeness (QED) is 0.769. The molecule has 2 atom stereocenters. The standard InChI is InChI=1S/C19H16F2N4O2/c1-9-13(7-22-8-15(9)21)11-3-10-6-23-17(5-16(10)25(2)19(11)27)24-18(26)12-4-14(12)20/h3,5-8,12,14H,4H2,1-2H3,(H,23,24,26)/t12-,14-/m1/s1. The lowest BCUT2D eigenvalue weighted by molar-refractivity contribution is -0.117. The number of nitrogens with one attached hydrogen (secondary N) is 1. The van der Waals surface area contributed by atoms with E-state index in [0.29, 0.717) is 27.6 Å². The zero-order valence-corrected chi connectivity index (χ0v) is 14.7. The summed E-state index contributed by atoms with van der Waals surface area (Å²) < 4.78 is 28.2. The van der Waals surface area contributed by atoms with E-state index in [0.717, 1.165) is 6.20 Å². The minimum atomic E-state index is -1.10. The largest absolute Gasteiger partial charge is 0.311 e. The number of alkyl halides is 1. The third kappa shape index (κ3) is 2.97. The lowest BCUT2D eigenvalue weighted by Crippen LogP contribution is -2.20. The topological polar surface area (TPSA) is 76.9 Å². The number of nitrogens with zero attached hydrogens (tertiary/aromatic N) is 3. The summed E-state index contributed by atoms with van der Waals surface area (Å²) in [5, 5.41) is 3.21. The van der Waals surface area contributed by atoms with Crippen LogP contribution in [-0.4, -0.2) is 26.6 Å². The van der Waals surface area contributed by atoms with Crippen molar-refractivity contribution >= 4 is 22.6 Å². The molecule has 0 bridgehead atoms. The Morgan fingerprint density at radius 3 is 2.70 bits per heavy atom. The minimum Gasteiger partial charge on any atom is -0.311 e. The van der Waals surface area contributed by atoms with Crippen molar-refractivity contribution in [1.82, 2.24) is 14.5 Å². The SMILES string of the molecule is Cc1c(F)cncc1-c1cc2cnc(NC(=O)[C@@H]3C[C@H]3F)cc2n(C)c1=O. The maximum absolute atomic E-state index is 13.8. The molecule has 8 heteroatoms. The van der Waals surface area contributed by atoms with E-state index in [-0.39, 0.29) is 17.8 Å². The molecular weight excluding hydrogens is 354 g/mol. The summed E-state index contributed by atoms with van der Waals surface area (Å²) in [6, 6.07) is 3.18. The van der Waals surface area contributed by atoms with Crippen LogP contribution in [0, 0.1) is 18.7 Å².